The van der Waals surface area contributed by atoms with Crippen LogP contribution in [-0.2, 0) is 25.7 Å². The number of fused-ring (bicyclic) bond motifs is 1. The second-order valence-electron chi connectivity index (χ2n) is 11.0. The molecule has 3 saturated heterocycles. The van der Waals surface area contributed by atoms with Crippen molar-refractivity contribution in [3.63, 3.8) is 0 Å². The lowest BCUT2D eigenvalue weighted by molar-refractivity contribution is -0.144. The predicted molar refractivity (Wildman–Crippen MR) is 154 cm³/mol. The molecular formula is C32H32ClN3O5. The van der Waals surface area contributed by atoms with Gasteiger partial charge in [-0.05, 0) is 42.5 Å². The smallest absolute Gasteiger partial charge is 0.250 e. The van der Waals surface area contributed by atoms with Crippen molar-refractivity contribution in [3.05, 3.63) is 101 Å². The second-order valence-corrected chi connectivity index (χ2v) is 11.4. The van der Waals surface area contributed by atoms with Crippen LogP contribution in [0.25, 0.3) is 0 Å². The molecule has 2 bridgehead atoms. The molecule has 0 aromatic heterocycles. The Morgan fingerprint density at radius 3 is 2.44 bits per heavy atom. The number of para-hydroxylation sites is 1. The highest BCUT2D eigenvalue weighted by Gasteiger charge is 2.75. The summed E-state index contributed by atoms with van der Waals surface area (Å²) in [4.78, 5) is 43.7. The van der Waals surface area contributed by atoms with Gasteiger partial charge in [0, 0.05) is 6.54 Å². The summed E-state index contributed by atoms with van der Waals surface area (Å²) in [5, 5.41) is 16.9. The van der Waals surface area contributed by atoms with Gasteiger partial charge < -0.3 is 25.4 Å². The quantitative estimate of drug-likeness (QED) is 0.377. The number of benzene rings is 3. The van der Waals surface area contributed by atoms with Gasteiger partial charge in [0.15, 0.2) is 0 Å². The molecule has 0 radical (unpaired) electrons. The average Bonchev–Trinajstić information content (AvgIpc) is 3.63. The number of ether oxygens (including phenoxy) is 1. The first-order valence-corrected chi connectivity index (χ1v) is 14.3. The molecule has 2 unspecified atom stereocenters. The third-order valence-electron chi connectivity index (χ3n) is 8.76. The van der Waals surface area contributed by atoms with E-state index in [1.54, 1.807) is 12.1 Å². The lowest BCUT2D eigenvalue weighted by Crippen LogP contribution is -2.54. The standard InChI is InChI=1S/C32H32ClN3O5/c1-19-9-8-14-22(33)27(19)35-30(39)28-32-16-15-24(41-32)25(29(38)34-17-20-10-4-2-5-11-20)26(32)31(40)36(28)23(18-37)21-12-6-3-7-13-21/h2-14,23-26,28,37H,15-18H2,1H3,(H,34,38)(H,35,39)/t23-,24+,25-,26+,28?,32?/m1/s1. The van der Waals surface area contributed by atoms with E-state index in [0.717, 1.165) is 11.1 Å². The normalized spacial score (nSPS) is 27.0. The summed E-state index contributed by atoms with van der Waals surface area (Å²) < 4.78 is 6.53. The van der Waals surface area contributed by atoms with Crippen molar-refractivity contribution in [2.24, 2.45) is 11.8 Å². The van der Waals surface area contributed by atoms with Crippen LogP contribution in [0.5, 0.6) is 0 Å². The monoisotopic (exact) mass is 573 g/mol. The van der Waals surface area contributed by atoms with E-state index < -0.39 is 48.1 Å². The summed E-state index contributed by atoms with van der Waals surface area (Å²) in [5.74, 6) is -2.72. The SMILES string of the molecule is Cc1cccc(Cl)c1NC(=O)C1N([C@H](CO)c2ccccc2)C(=O)[C@@H]2[C@H](C(=O)NCc3ccccc3)[C@@H]3CCC12O3. The highest BCUT2D eigenvalue weighted by atomic mass is 35.5. The molecule has 3 aliphatic heterocycles. The van der Waals surface area contributed by atoms with Crippen LogP contribution < -0.4 is 10.6 Å². The predicted octanol–water partition coefficient (Wildman–Crippen LogP) is 4.01. The van der Waals surface area contributed by atoms with E-state index in [-0.39, 0.29) is 11.8 Å². The molecule has 9 heteroatoms. The van der Waals surface area contributed by atoms with Gasteiger partial charge in [0.2, 0.25) is 17.7 Å². The number of rotatable bonds is 8. The van der Waals surface area contributed by atoms with Gasteiger partial charge in [-0.15, -0.1) is 0 Å². The van der Waals surface area contributed by atoms with E-state index in [0.29, 0.717) is 35.7 Å². The van der Waals surface area contributed by atoms with Crippen LogP contribution in [-0.4, -0.2) is 52.1 Å². The van der Waals surface area contributed by atoms with E-state index in [1.807, 2.05) is 73.7 Å². The maximum absolute atomic E-state index is 14.4. The molecule has 0 saturated carbocycles. The van der Waals surface area contributed by atoms with Gasteiger partial charge in [-0.2, -0.15) is 0 Å². The minimum Gasteiger partial charge on any atom is -0.394 e. The Morgan fingerprint density at radius 2 is 1.76 bits per heavy atom. The average molecular weight is 574 g/mol. The molecule has 3 aromatic rings. The van der Waals surface area contributed by atoms with Gasteiger partial charge in [-0.1, -0.05) is 84.4 Å². The van der Waals surface area contributed by atoms with Crippen molar-refractivity contribution in [2.75, 3.05) is 11.9 Å². The lowest BCUT2D eigenvalue weighted by Gasteiger charge is -2.37. The molecule has 6 atom stereocenters. The molecule has 0 aliphatic carbocycles. The summed E-state index contributed by atoms with van der Waals surface area (Å²) in [6.07, 6.45) is 0.508. The number of aliphatic hydroxyl groups excluding tert-OH is 1. The number of carbonyl (C=O) groups is 3. The van der Waals surface area contributed by atoms with Crippen molar-refractivity contribution in [3.8, 4) is 0 Å². The number of hydrogen-bond acceptors (Lipinski definition) is 5. The van der Waals surface area contributed by atoms with Crippen LogP contribution in [0.4, 0.5) is 5.69 Å². The number of halogens is 1. The van der Waals surface area contributed by atoms with E-state index in [4.69, 9.17) is 16.3 Å². The second kappa shape index (κ2) is 10.9. The first kappa shape index (κ1) is 27.4. The van der Waals surface area contributed by atoms with Gasteiger partial charge in [0.05, 0.1) is 41.3 Å². The highest BCUT2D eigenvalue weighted by molar-refractivity contribution is 6.34. The summed E-state index contributed by atoms with van der Waals surface area (Å²) >= 11 is 6.45. The zero-order valence-electron chi connectivity index (χ0n) is 22.6. The lowest BCUT2D eigenvalue weighted by atomic mass is 9.70. The fourth-order valence-corrected chi connectivity index (χ4v) is 7.21. The molecular weight excluding hydrogens is 542 g/mol. The summed E-state index contributed by atoms with van der Waals surface area (Å²) in [5.41, 5.74) is 1.64. The van der Waals surface area contributed by atoms with Crippen LogP contribution in [0.1, 0.15) is 35.6 Å². The number of aryl methyl sites for hydroxylation is 1. The molecule has 3 aliphatic rings. The maximum Gasteiger partial charge on any atom is 0.250 e. The van der Waals surface area contributed by atoms with Gasteiger partial charge in [0.1, 0.15) is 11.6 Å². The minimum atomic E-state index is -1.21. The summed E-state index contributed by atoms with van der Waals surface area (Å²) in [7, 11) is 0. The van der Waals surface area contributed by atoms with Gasteiger partial charge in [0.25, 0.3) is 0 Å². The van der Waals surface area contributed by atoms with Crippen LogP contribution in [0, 0.1) is 18.8 Å². The Morgan fingerprint density at radius 1 is 1.05 bits per heavy atom. The minimum absolute atomic E-state index is 0.276. The van der Waals surface area contributed by atoms with Crippen molar-refractivity contribution in [2.45, 2.75) is 50.1 Å². The number of hydrogen-bond donors (Lipinski definition) is 3. The van der Waals surface area contributed by atoms with Gasteiger partial charge in [-0.3, -0.25) is 14.4 Å². The Hall–Kier alpha value is -3.72. The van der Waals surface area contributed by atoms with Crippen molar-refractivity contribution < 1.29 is 24.2 Å². The first-order chi connectivity index (χ1) is 19.9. The molecule has 3 fully saturated rings. The number of nitrogens with zero attached hydrogens (tertiary/aromatic N) is 1. The topological polar surface area (TPSA) is 108 Å². The van der Waals surface area contributed by atoms with E-state index in [1.165, 1.54) is 4.90 Å². The summed E-state index contributed by atoms with van der Waals surface area (Å²) in [6.45, 7) is 1.76. The maximum atomic E-state index is 14.4. The third-order valence-corrected chi connectivity index (χ3v) is 9.08. The molecule has 3 N–H and O–H groups in total. The first-order valence-electron chi connectivity index (χ1n) is 13.9. The number of aliphatic hydroxyl groups is 1. The summed E-state index contributed by atoms with van der Waals surface area (Å²) in [6, 6.07) is 22.1. The number of amides is 3. The Labute approximate surface area is 243 Å². The molecule has 3 amide bonds. The number of anilines is 1. The van der Waals surface area contributed by atoms with E-state index in [2.05, 4.69) is 10.6 Å². The molecule has 8 nitrogen and oxygen atoms in total. The van der Waals surface area contributed by atoms with Crippen LogP contribution >= 0.6 is 11.6 Å². The molecule has 3 aromatic carbocycles. The van der Waals surface area contributed by atoms with E-state index in [9.17, 15) is 19.5 Å². The highest BCUT2D eigenvalue weighted by Crippen LogP contribution is 2.59. The molecule has 41 heavy (non-hydrogen) atoms. The van der Waals surface area contributed by atoms with Crippen molar-refractivity contribution in [1.82, 2.24) is 10.2 Å². The largest absolute Gasteiger partial charge is 0.394 e. The number of carbonyl (C=O) groups excluding carboxylic acids is 3. The van der Waals surface area contributed by atoms with Gasteiger partial charge in [-0.25, -0.2) is 0 Å². The third kappa shape index (κ3) is 4.60. The zero-order valence-corrected chi connectivity index (χ0v) is 23.4. The molecule has 1 spiro atoms. The van der Waals surface area contributed by atoms with Crippen LogP contribution in [0.3, 0.4) is 0 Å². The molecule has 6 rings (SSSR count). The number of nitrogens with one attached hydrogen (secondary N) is 2. The van der Waals surface area contributed by atoms with Crippen molar-refractivity contribution >= 4 is 35.0 Å². The number of likely N-dealkylation sites (tertiary alicyclic amines) is 1. The zero-order chi connectivity index (χ0) is 28.7. The van der Waals surface area contributed by atoms with E-state index >= 15 is 0 Å². The Bertz CT molecular complexity index is 1450. The Kier molecular flexibility index (Phi) is 7.32. The van der Waals surface area contributed by atoms with Crippen molar-refractivity contribution in [1.29, 1.82) is 0 Å². The Balaban J connectivity index is 1.38. The fraction of sp³-hybridized carbons (Fsp3) is 0.344. The fourth-order valence-electron chi connectivity index (χ4n) is 6.94. The molecule has 212 valence electrons. The molecule has 3 heterocycles. The van der Waals surface area contributed by atoms with Gasteiger partial charge >= 0.3 is 0 Å². The van der Waals surface area contributed by atoms with Crippen LogP contribution in [0.15, 0.2) is 78.9 Å². The van der Waals surface area contributed by atoms with Crippen LogP contribution in [0.2, 0.25) is 5.02 Å².